The number of rotatable bonds is 4. The van der Waals surface area contributed by atoms with Crippen molar-refractivity contribution in [3.05, 3.63) is 35.4 Å². The fraction of sp³-hybridized carbons (Fsp3) is 0.500. The van der Waals surface area contributed by atoms with Crippen molar-refractivity contribution in [2.75, 3.05) is 7.11 Å². The maximum absolute atomic E-state index is 11.7. The number of ketones is 2. The van der Waals surface area contributed by atoms with Crippen LogP contribution in [0.25, 0.3) is 0 Å². The van der Waals surface area contributed by atoms with Crippen molar-refractivity contribution in [3.63, 3.8) is 0 Å². The Morgan fingerprint density at radius 3 is 2.58 bits per heavy atom. The second-order valence-corrected chi connectivity index (χ2v) is 5.28. The third kappa shape index (κ3) is 3.29. The molecule has 0 saturated heterocycles. The molecule has 0 unspecified atom stereocenters. The average molecular weight is 260 g/mol. The Hall–Kier alpha value is -1.48. The van der Waals surface area contributed by atoms with Crippen LogP contribution in [-0.4, -0.2) is 18.7 Å². The lowest BCUT2D eigenvalue weighted by Crippen LogP contribution is -2.29. The van der Waals surface area contributed by atoms with Gasteiger partial charge >= 0.3 is 0 Å². The summed E-state index contributed by atoms with van der Waals surface area (Å²) in [5.74, 6) is 0.0473. The lowest BCUT2D eigenvalue weighted by atomic mass is 9.76. The van der Waals surface area contributed by atoms with Crippen LogP contribution in [0.1, 0.15) is 43.2 Å². The lowest BCUT2D eigenvalue weighted by molar-refractivity contribution is -0.133. The molecule has 1 aromatic rings. The quantitative estimate of drug-likeness (QED) is 0.782. The molecule has 0 radical (unpaired) electrons. The van der Waals surface area contributed by atoms with E-state index in [1.54, 1.807) is 7.11 Å². The van der Waals surface area contributed by atoms with Crippen LogP contribution < -0.4 is 0 Å². The second kappa shape index (κ2) is 6.11. The highest BCUT2D eigenvalue weighted by Gasteiger charge is 2.32. The molecule has 3 nitrogen and oxygen atoms in total. The van der Waals surface area contributed by atoms with Gasteiger partial charge < -0.3 is 4.74 Å². The summed E-state index contributed by atoms with van der Waals surface area (Å²) in [5, 5.41) is 0. The molecular formula is C16H20O3. The van der Waals surface area contributed by atoms with Crippen LogP contribution in [0.2, 0.25) is 0 Å². The normalized spacial score (nSPS) is 23.4. The first kappa shape index (κ1) is 13.9. The van der Waals surface area contributed by atoms with E-state index in [-0.39, 0.29) is 11.6 Å². The largest absolute Gasteiger partial charge is 0.380 e. The van der Waals surface area contributed by atoms with E-state index in [1.807, 2.05) is 0 Å². The highest BCUT2D eigenvalue weighted by atomic mass is 16.5. The summed E-state index contributed by atoms with van der Waals surface area (Å²) >= 11 is 0. The summed E-state index contributed by atoms with van der Waals surface area (Å²) in [6.45, 7) is 2.13. The highest BCUT2D eigenvalue weighted by Crippen LogP contribution is 2.34. The first-order chi connectivity index (χ1) is 9.11. The fourth-order valence-corrected chi connectivity index (χ4v) is 2.77. The molecule has 0 bridgehead atoms. The van der Waals surface area contributed by atoms with E-state index in [2.05, 4.69) is 24.3 Å². The number of Topliss-reactive ketones (excluding diaryl/α,β-unsaturated/α-hetero) is 2. The van der Waals surface area contributed by atoms with Crippen molar-refractivity contribution in [3.8, 4) is 0 Å². The van der Waals surface area contributed by atoms with Crippen molar-refractivity contribution < 1.29 is 14.3 Å². The summed E-state index contributed by atoms with van der Waals surface area (Å²) in [6, 6.07) is 8.29. The lowest BCUT2D eigenvalue weighted by Gasteiger charge is -2.27. The number of benzene rings is 1. The Morgan fingerprint density at radius 1 is 1.32 bits per heavy atom. The minimum Gasteiger partial charge on any atom is -0.380 e. The molecule has 0 aliphatic heterocycles. The Balaban J connectivity index is 2.09. The van der Waals surface area contributed by atoms with E-state index >= 15 is 0 Å². The molecule has 0 heterocycles. The Labute approximate surface area is 114 Å². The Morgan fingerprint density at radius 2 is 2.00 bits per heavy atom. The average Bonchev–Trinajstić information content (AvgIpc) is 2.40. The van der Waals surface area contributed by atoms with E-state index in [0.717, 1.165) is 12.0 Å². The zero-order valence-corrected chi connectivity index (χ0v) is 11.5. The molecule has 1 aromatic carbocycles. The number of ether oxygens (including phenoxy) is 1. The molecule has 0 aromatic heterocycles. The predicted octanol–water partition coefficient (Wildman–Crippen LogP) is 2.87. The van der Waals surface area contributed by atoms with Gasteiger partial charge in [-0.2, -0.15) is 0 Å². The van der Waals surface area contributed by atoms with Crippen LogP contribution in [0, 0.1) is 5.92 Å². The van der Waals surface area contributed by atoms with Gasteiger partial charge in [-0.15, -0.1) is 0 Å². The first-order valence-electron chi connectivity index (χ1n) is 6.72. The van der Waals surface area contributed by atoms with Crippen LogP contribution >= 0.6 is 0 Å². The maximum atomic E-state index is 11.7. The first-order valence-corrected chi connectivity index (χ1v) is 6.72. The van der Waals surface area contributed by atoms with Gasteiger partial charge in [0.15, 0.2) is 0 Å². The van der Waals surface area contributed by atoms with Gasteiger partial charge in [-0.1, -0.05) is 24.3 Å². The van der Waals surface area contributed by atoms with Gasteiger partial charge in [0, 0.05) is 13.5 Å². The molecule has 1 aliphatic rings. The molecule has 19 heavy (non-hydrogen) atoms. The summed E-state index contributed by atoms with van der Waals surface area (Å²) in [6.07, 6.45) is 2.04. The van der Waals surface area contributed by atoms with E-state index in [9.17, 15) is 9.59 Å². The standard InChI is InChI=1S/C16H20O3/c1-11(17)15-9-14(7-8-16(15)18)13-5-3-12(4-6-13)10-19-2/h3-6,14-15H,7-10H2,1-2H3/t14-,15+/m1/s1. The predicted molar refractivity (Wildman–Crippen MR) is 72.9 cm³/mol. The van der Waals surface area contributed by atoms with Crippen molar-refractivity contribution in [1.29, 1.82) is 0 Å². The summed E-state index contributed by atoms with van der Waals surface area (Å²) in [7, 11) is 1.68. The van der Waals surface area contributed by atoms with Gasteiger partial charge in [0.05, 0.1) is 12.5 Å². The zero-order chi connectivity index (χ0) is 13.8. The van der Waals surface area contributed by atoms with Gasteiger partial charge in [-0.25, -0.2) is 0 Å². The molecule has 0 amide bonds. The number of carbonyl (C=O) groups is 2. The molecule has 2 rings (SSSR count). The molecule has 1 aliphatic carbocycles. The van der Waals surface area contributed by atoms with Crippen LogP contribution in [0.4, 0.5) is 0 Å². The van der Waals surface area contributed by atoms with Crippen LogP contribution in [-0.2, 0) is 20.9 Å². The molecule has 1 fully saturated rings. The zero-order valence-electron chi connectivity index (χ0n) is 11.5. The van der Waals surface area contributed by atoms with Crippen molar-refractivity contribution >= 4 is 11.6 Å². The molecule has 0 N–H and O–H groups in total. The summed E-state index contributed by atoms with van der Waals surface area (Å²) < 4.78 is 5.09. The van der Waals surface area contributed by atoms with Crippen LogP contribution in [0.15, 0.2) is 24.3 Å². The molecule has 0 spiro atoms. The monoisotopic (exact) mass is 260 g/mol. The second-order valence-electron chi connectivity index (χ2n) is 5.28. The van der Waals surface area contributed by atoms with E-state index < -0.39 is 5.92 Å². The van der Waals surface area contributed by atoms with Crippen molar-refractivity contribution in [2.45, 2.75) is 38.7 Å². The van der Waals surface area contributed by atoms with Crippen LogP contribution in [0.3, 0.4) is 0 Å². The smallest absolute Gasteiger partial charge is 0.143 e. The summed E-state index contributed by atoms with van der Waals surface area (Å²) in [4.78, 5) is 23.2. The number of methoxy groups -OCH3 is 1. The Kier molecular flexibility index (Phi) is 4.48. The van der Waals surface area contributed by atoms with E-state index in [4.69, 9.17) is 4.74 Å². The van der Waals surface area contributed by atoms with Gasteiger partial charge in [0.25, 0.3) is 0 Å². The molecule has 2 atom stereocenters. The molecular weight excluding hydrogens is 240 g/mol. The van der Waals surface area contributed by atoms with E-state index in [1.165, 1.54) is 12.5 Å². The third-order valence-electron chi connectivity index (χ3n) is 3.90. The maximum Gasteiger partial charge on any atom is 0.143 e. The topological polar surface area (TPSA) is 43.4 Å². The van der Waals surface area contributed by atoms with Gasteiger partial charge in [0.1, 0.15) is 11.6 Å². The van der Waals surface area contributed by atoms with Crippen LogP contribution in [0.5, 0.6) is 0 Å². The van der Waals surface area contributed by atoms with Gasteiger partial charge in [0.2, 0.25) is 0 Å². The van der Waals surface area contributed by atoms with Gasteiger partial charge in [-0.05, 0) is 36.8 Å². The minimum absolute atomic E-state index is 0.00528. The SMILES string of the molecule is COCc1ccc([C@@H]2CCC(=O)[C@H](C(C)=O)C2)cc1. The number of carbonyl (C=O) groups excluding carboxylic acids is 2. The number of hydrogen-bond acceptors (Lipinski definition) is 3. The molecule has 3 heteroatoms. The number of hydrogen-bond donors (Lipinski definition) is 0. The molecule has 102 valence electrons. The minimum atomic E-state index is -0.391. The Bertz CT molecular complexity index is 461. The highest BCUT2D eigenvalue weighted by molar-refractivity contribution is 6.01. The molecule has 1 saturated carbocycles. The fourth-order valence-electron chi connectivity index (χ4n) is 2.77. The van der Waals surface area contributed by atoms with Crippen molar-refractivity contribution in [1.82, 2.24) is 0 Å². The third-order valence-corrected chi connectivity index (χ3v) is 3.90. The van der Waals surface area contributed by atoms with Gasteiger partial charge in [-0.3, -0.25) is 9.59 Å². The summed E-state index contributed by atoms with van der Waals surface area (Å²) in [5.41, 5.74) is 2.36. The van der Waals surface area contributed by atoms with Crippen molar-refractivity contribution in [2.24, 2.45) is 5.92 Å². The van der Waals surface area contributed by atoms with E-state index in [0.29, 0.717) is 25.4 Å².